The molecule has 0 radical (unpaired) electrons. The summed E-state index contributed by atoms with van der Waals surface area (Å²) in [7, 11) is 1.60. The fourth-order valence-corrected chi connectivity index (χ4v) is 7.95. The zero-order valence-electron chi connectivity index (χ0n) is 28.8. The van der Waals surface area contributed by atoms with Crippen LogP contribution in [0.3, 0.4) is 0 Å². The number of aryl methyl sites for hydroxylation is 1. The van der Waals surface area contributed by atoms with Crippen molar-refractivity contribution in [2.24, 2.45) is 23.2 Å². The second kappa shape index (κ2) is 14.6. The molecule has 0 unspecified atom stereocenters. The van der Waals surface area contributed by atoms with Crippen molar-refractivity contribution in [1.82, 2.24) is 20.2 Å². The maximum absolute atomic E-state index is 14.3. The molecule has 1 aliphatic carbocycles. The predicted molar refractivity (Wildman–Crippen MR) is 177 cm³/mol. The monoisotopic (exact) mass is 652 g/mol. The fourth-order valence-electron chi connectivity index (χ4n) is 7.95. The Labute approximate surface area is 278 Å². The van der Waals surface area contributed by atoms with Gasteiger partial charge in [0.2, 0.25) is 11.8 Å². The zero-order chi connectivity index (χ0) is 33.9. The lowest BCUT2D eigenvalue weighted by atomic mass is 9.73. The summed E-state index contributed by atoms with van der Waals surface area (Å²) in [5.41, 5.74) is 1.35. The van der Waals surface area contributed by atoms with E-state index in [4.69, 9.17) is 24.2 Å². The Hall–Kier alpha value is -3.63. The van der Waals surface area contributed by atoms with Crippen LogP contribution in [0.2, 0.25) is 0 Å². The first kappa shape index (κ1) is 34.7. The molecule has 1 aromatic heterocycles. The Morgan fingerprint density at radius 2 is 1.79 bits per heavy atom. The Morgan fingerprint density at radius 1 is 1.00 bits per heavy atom. The summed E-state index contributed by atoms with van der Waals surface area (Å²) in [6, 6.07) is 3.41. The van der Waals surface area contributed by atoms with Gasteiger partial charge in [0.25, 0.3) is 0 Å². The van der Waals surface area contributed by atoms with Crippen molar-refractivity contribution in [3.63, 3.8) is 0 Å². The van der Waals surface area contributed by atoms with E-state index in [0.717, 1.165) is 62.6 Å². The van der Waals surface area contributed by atoms with Gasteiger partial charge in [-0.15, -0.1) is 0 Å². The van der Waals surface area contributed by atoms with E-state index in [1.54, 1.807) is 7.11 Å². The molecule has 5 rings (SSSR count). The lowest BCUT2D eigenvalue weighted by Gasteiger charge is -2.39. The minimum atomic E-state index is -1.13. The summed E-state index contributed by atoms with van der Waals surface area (Å²) in [5.74, 6) is -0.349. The predicted octanol–water partition coefficient (Wildman–Crippen LogP) is 6.16. The van der Waals surface area contributed by atoms with E-state index in [0.29, 0.717) is 35.9 Å². The zero-order valence-corrected chi connectivity index (χ0v) is 28.8. The van der Waals surface area contributed by atoms with Crippen molar-refractivity contribution < 1.29 is 33.7 Å². The number of carbonyl (C=O) groups is 3. The van der Waals surface area contributed by atoms with Gasteiger partial charge in [0.1, 0.15) is 35.7 Å². The van der Waals surface area contributed by atoms with E-state index < -0.39 is 47.5 Å². The number of rotatable bonds is 4. The largest absolute Gasteiger partial charge is 0.497 e. The number of hydrogen-bond donors (Lipinski definition) is 2. The molecule has 2 amide bonds. The fraction of sp³-hybridized carbons (Fsp3) is 0.694. The first-order valence-corrected chi connectivity index (χ1v) is 17.5. The maximum atomic E-state index is 14.3. The highest BCUT2D eigenvalue weighted by Crippen LogP contribution is 2.39. The number of aliphatic carboxylic acids is 1. The van der Waals surface area contributed by atoms with E-state index in [1.807, 2.05) is 45.9 Å². The van der Waals surface area contributed by atoms with Crippen LogP contribution in [-0.4, -0.2) is 75.9 Å². The standard InChI is InChI=1S/C36H52N4O7/c1-7-21-13-12-16-28-24(21)14-10-9-11-15-26-32(38-27-19-22(45-6)17-18-25(27)37-26)46-29-20-40(30(34(42)43)23(29)8-2)33(41)31(36(3,4)5)39-35(44)47-28/h17-19,21,23-24,28-31H,7-16,20H2,1-6H3,(H,39,44)(H,42,43)/t21-,23+,24+,28+,29-,30-,31+/m0/s1. The number of alkyl carbamates (subject to hydrolysis) is 1. The molecular weight excluding hydrogens is 600 g/mol. The molecule has 2 bridgehead atoms. The minimum absolute atomic E-state index is 0.0394. The molecule has 2 fully saturated rings. The summed E-state index contributed by atoms with van der Waals surface area (Å²) in [5, 5.41) is 13.3. The lowest BCUT2D eigenvalue weighted by molar-refractivity contribution is -0.151. The molecule has 2 aliphatic heterocycles. The summed E-state index contributed by atoms with van der Waals surface area (Å²) in [6.07, 6.45) is 7.38. The molecule has 1 saturated carbocycles. The smallest absolute Gasteiger partial charge is 0.408 e. The Balaban J connectivity index is 1.55. The average Bonchev–Trinajstić information content (AvgIpc) is 3.41. The number of aromatic nitrogens is 2. The molecule has 11 heteroatoms. The molecule has 11 nitrogen and oxygen atoms in total. The van der Waals surface area contributed by atoms with Crippen LogP contribution in [0.25, 0.3) is 11.0 Å². The van der Waals surface area contributed by atoms with E-state index >= 15 is 0 Å². The third kappa shape index (κ3) is 7.59. The van der Waals surface area contributed by atoms with Gasteiger partial charge in [0.05, 0.1) is 24.7 Å². The molecule has 3 heterocycles. The van der Waals surface area contributed by atoms with Crippen LogP contribution in [0.15, 0.2) is 18.2 Å². The van der Waals surface area contributed by atoms with Gasteiger partial charge in [0, 0.05) is 12.0 Å². The van der Waals surface area contributed by atoms with Gasteiger partial charge < -0.3 is 29.5 Å². The average molecular weight is 653 g/mol. The molecule has 2 N–H and O–H groups in total. The van der Waals surface area contributed by atoms with Gasteiger partial charge in [-0.3, -0.25) is 4.79 Å². The van der Waals surface area contributed by atoms with Crippen LogP contribution < -0.4 is 14.8 Å². The topological polar surface area (TPSA) is 140 Å². The van der Waals surface area contributed by atoms with Crippen molar-refractivity contribution in [3.05, 3.63) is 23.9 Å². The highest BCUT2D eigenvalue weighted by Gasteiger charge is 2.51. The number of benzene rings is 1. The molecule has 47 heavy (non-hydrogen) atoms. The first-order chi connectivity index (χ1) is 22.4. The highest BCUT2D eigenvalue weighted by molar-refractivity contribution is 5.90. The van der Waals surface area contributed by atoms with Crippen molar-refractivity contribution in [2.75, 3.05) is 13.7 Å². The molecule has 0 spiro atoms. The number of nitrogens with zero attached hydrogens (tertiary/aromatic N) is 3. The van der Waals surface area contributed by atoms with Crippen molar-refractivity contribution in [1.29, 1.82) is 0 Å². The number of methoxy groups -OCH3 is 1. The molecule has 1 aromatic carbocycles. The van der Waals surface area contributed by atoms with Crippen LogP contribution in [-0.2, 0) is 20.7 Å². The quantitative estimate of drug-likeness (QED) is 0.397. The van der Waals surface area contributed by atoms with Gasteiger partial charge in [-0.25, -0.2) is 19.6 Å². The normalized spacial score (nSPS) is 29.4. The lowest BCUT2D eigenvalue weighted by Crippen LogP contribution is -2.57. The summed E-state index contributed by atoms with van der Waals surface area (Å²) in [4.78, 5) is 51.8. The van der Waals surface area contributed by atoms with Crippen LogP contribution >= 0.6 is 0 Å². The van der Waals surface area contributed by atoms with E-state index in [-0.39, 0.29) is 18.6 Å². The van der Waals surface area contributed by atoms with E-state index in [9.17, 15) is 19.5 Å². The number of nitrogens with one attached hydrogen (secondary N) is 1. The number of hydrogen-bond acceptors (Lipinski definition) is 8. The number of amides is 2. The number of carboxylic acid groups (broad SMARTS) is 1. The third-order valence-corrected chi connectivity index (χ3v) is 10.5. The van der Waals surface area contributed by atoms with E-state index in [2.05, 4.69) is 12.2 Å². The van der Waals surface area contributed by atoms with Gasteiger partial charge in [-0.2, -0.15) is 0 Å². The highest BCUT2D eigenvalue weighted by atomic mass is 16.6. The Bertz CT molecular complexity index is 1440. The van der Waals surface area contributed by atoms with Gasteiger partial charge in [-0.05, 0) is 74.3 Å². The number of ether oxygens (including phenoxy) is 3. The van der Waals surface area contributed by atoms with Crippen LogP contribution in [0.5, 0.6) is 11.6 Å². The SMILES string of the molecule is CC[C@H]1CCC[C@H]2OC(=O)N[C@@H](C(C)(C)C)C(=O)N3C[C@H](Oc4nc5cc(OC)ccc5nc4CCCCC[C@H]12)[C@@H](CC)[C@H]3C(=O)O. The molecule has 1 saturated heterocycles. The Kier molecular flexibility index (Phi) is 10.8. The molecule has 3 aliphatic rings. The second-order valence-electron chi connectivity index (χ2n) is 14.6. The summed E-state index contributed by atoms with van der Waals surface area (Å²) >= 11 is 0. The van der Waals surface area contributed by atoms with Crippen LogP contribution in [0.1, 0.15) is 98.1 Å². The van der Waals surface area contributed by atoms with E-state index in [1.165, 1.54) is 4.90 Å². The third-order valence-electron chi connectivity index (χ3n) is 10.5. The molecule has 2 aromatic rings. The molecule has 7 atom stereocenters. The number of fused-ring (bicyclic) bond motifs is 5. The van der Waals surface area contributed by atoms with Gasteiger partial charge in [-0.1, -0.05) is 53.9 Å². The van der Waals surface area contributed by atoms with Crippen LogP contribution in [0.4, 0.5) is 4.79 Å². The number of carboxylic acids is 1. The van der Waals surface area contributed by atoms with Gasteiger partial charge in [0.15, 0.2) is 0 Å². The molecule has 258 valence electrons. The minimum Gasteiger partial charge on any atom is -0.497 e. The number of carbonyl (C=O) groups excluding carboxylic acids is 2. The van der Waals surface area contributed by atoms with Crippen LogP contribution in [0, 0.1) is 23.2 Å². The summed E-state index contributed by atoms with van der Waals surface area (Å²) in [6.45, 7) is 9.73. The second-order valence-corrected chi connectivity index (χ2v) is 14.6. The van der Waals surface area contributed by atoms with Crippen molar-refractivity contribution in [3.8, 4) is 11.6 Å². The van der Waals surface area contributed by atoms with Gasteiger partial charge >= 0.3 is 12.1 Å². The first-order valence-electron chi connectivity index (χ1n) is 17.5. The summed E-state index contributed by atoms with van der Waals surface area (Å²) < 4.78 is 18.1. The Morgan fingerprint density at radius 3 is 2.47 bits per heavy atom. The maximum Gasteiger partial charge on any atom is 0.408 e. The van der Waals surface area contributed by atoms with Crippen molar-refractivity contribution >= 4 is 29.0 Å². The molecular formula is C36H52N4O7. The van der Waals surface area contributed by atoms with Crippen molar-refractivity contribution in [2.45, 2.75) is 123 Å².